The third kappa shape index (κ3) is 5.21. The van der Waals surface area contributed by atoms with Crippen molar-refractivity contribution in [3.05, 3.63) is 59.7 Å². The van der Waals surface area contributed by atoms with Gasteiger partial charge in [0.2, 0.25) is 0 Å². The molecule has 0 aromatic heterocycles. The molecule has 0 spiro atoms. The van der Waals surface area contributed by atoms with E-state index in [9.17, 15) is 0 Å². The van der Waals surface area contributed by atoms with Crippen LogP contribution < -0.4 is 0 Å². The molecule has 1 aromatic rings. The molecule has 0 atom stereocenters. The van der Waals surface area contributed by atoms with E-state index in [1.165, 1.54) is 11.1 Å². The Bertz CT molecular complexity index is 280. The van der Waals surface area contributed by atoms with Crippen LogP contribution in [0.2, 0.25) is 0 Å². The Morgan fingerprint density at radius 1 is 1.29 bits per heavy atom. The van der Waals surface area contributed by atoms with Gasteiger partial charge >= 0.3 is 21.7 Å². The van der Waals surface area contributed by atoms with Gasteiger partial charge < -0.3 is 0 Å². The molecule has 0 nitrogen and oxygen atoms in total. The zero-order valence-corrected chi connectivity index (χ0v) is 10.2. The minimum atomic E-state index is 0. The van der Waals surface area contributed by atoms with Gasteiger partial charge in [-0.25, -0.2) is 12.2 Å². The molecular formula is C13H14Ti. The number of benzene rings is 1. The Morgan fingerprint density at radius 3 is 2.36 bits per heavy atom. The van der Waals surface area contributed by atoms with Crippen molar-refractivity contribution >= 4 is 0 Å². The largest absolute Gasteiger partial charge is 2.00 e. The van der Waals surface area contributed by atoms with Crippen molar-refractivity contribution in [1.29, 1.82) is 0 Å². The van der Waals surface area contributed by atoms with E-state index in [1.54, 1.807) is 0 Å². The second-order valence-corrected chi connectivity index (χ2v) is 2.98. The Balaban J connectivity index is 0.000000246. The number of rotatable bonds is 0. The van der Waals surface area contributed by atoms with Crippen LogP contribution in [0.5, 0.6) is 0 Å². The third-order valence-electron chi connectivity index (χ3n) is 1.92. The number of hydrogen-bond donors (Lipinski definition) is 0. The molecule has 0 unspecified atom stereocenters. The molecule has 0 fully saturated rings. The van der Waals surface area contributed by atoms with Gasteiger partial charge in [0, 0.05) is 0 Å². The maximum absolute atomic E-state index is 3.10. The molecule has 0 bridgehead atoms. The molecule has 0 radical (unpaired) electrons. The monoisotopic (exact) mass is 218 g/mol. The first-order valence-electron chi connectivity index (χ1n) is 4.46. The predicted molar refractivity (Wildman–Crippen MR) is 56.3 cm³/mol. The van der Waals surface area contributed by atoms with Crippen LogP contribution in [0.4, 0.5) is 0 Å². The Kier molecular flexibility index (Phi) is 7.46. The molecule has 0 amide bonds. The molecule has 70 valence electrons. The third-order valence-corrected chi connectivity index (χ3v) is 1.92. The smallest absolute Gasteiger partial charge is 0.273 e. The first kappa shape index (κ1) is 13.4. The quantitative estimate of drug-likeness (QED) is 0.462. The van der Waals surface area contributed by atoms with Gasteiger partial charge in [-0.3, -0.25) is 6.08 Å². The van der Waals surface area contributed by atoms with Crippen molar-refractivity contribution in [1.82, 2.24) is 0 Å². The number of hydrogen-bond acceptors (Lipinski definition) is 0. The van der Waals surface area contributed by atoms with E-state index in [0.29, 0.717) is 0 Å². The molecule has 0 saturated carbocycles. The topological polar surface area (TPSA) is 0 Å². The molecule has 0 N–H and O–H groups in total. The molecule has 0 saturated heterocycles. The first-order valence-corrected chi connectivity index (χ1v) is 4.46. The van der Waals surface area contributed by atoms with Gasteiger partial charge in [0.15, 0.2) is 0 Å². The molecule has 1 aliphatic rings. The van der Waals surface area contributed by atoms with Gasteiger partial charge in [-0.15, -0.1) is 6.42 Å². The molecule has 1 heteroatoms. The van der Waals surface area contributed by atoms with Crippen LogP contribution in [-0.4, -0.2) is 0 Å². The number of aryl methyl sites for hydroxylation is 2. The van der Waals surface area contributed by atoms with Crippen molar-refractivity contribution in [2.24, 2.45) is 0 Å². The summed E-state index contributed by atoms with van der Waals surface area (Å²) in [5.74, 6) is 0. The van der Waals surface area contributed by atoms with Gasteiger partial charge in [-0.2, -0.15) is 41.5 Å². The van der Waals surface area contributed by atoms with Crippen molar-refractivity contribution in [3.8, 4) is 0 Å². The van der Waals surface area contributed by atoms with Crippen molar-refractivity contribution in [2.45, 2.75) is 20.3 Å². The number of allylic oxidation sites excluding steroid dienone is 4. The average Bonchev–Trinajstić information content (AvgIpc) is 2.68. The van der Waals surface area contributed by atoms with Crippen molar-refractivity contribution in [3.63, 3.8) is 0 Å². The first-order chi connectivity index (χ1) is 6.30. The Hall–Kier alpha value is -0.586. The van der Waals surface area contributed by atoms with Crippen LogP contribution in [0.15, 0.2) is 36.4 Å². The summed E-state index contributed by atoms with van der Waals surface area (Å²) in [4.78, 5) is 0. The van der Waals surface area contributed by atoms with E-state index in [0.717, 1.165) is 6.42 Å². The summed E-state index contributed by atoms with van der Waals surface area (Å²) in [5.41, 5.74) is 2.56. The van der Waals surface area contributed by atoms with Gasteiger partial charge in [0.05, 0.1) is 0 Å². The zero-order valence-electron chi connectivity index (χ0n) is 8.67. The van der Waals surface area contributed by atoms with E-state index in [-0.39, 0.29) is 21.7 Å². The van der Waals surface area contributed by atoms with Crippen LogP contribution in [-0.2, 0) is 21.7 Å². The van der Waals surface area contributed by atoms with Gasteiger partial charge in [0.25, 0.3) is 0 Å². The van der Waals surface area contributed by atoms with Crippen LogP contribution in [0.25, 0.3) is 0 Å². The molecule has 1 aromatic carbocycles. The van der Waals surface area contributed by atoms with E-state index in [2.05, 4.69) is 38.1 Å². The molecule has 14 heavy (non-hydrogen) atoms. The average molecular weight is 218 g/mol. The van der Waals surface area contributed by atoms with Crippen LogP contribution in [0.3, 0.4) is 0 Å². The van der Waals surface area contributed by atoms with E-state index in [1.807, 2.05) is 24.3 Å². The molecule has 0 heterocycles. The van der Waals surface area contributed by atoms with Crippen LogP contribution in [0, 0.1) is 26.0 Å². The molecule has 0 aliphatic heterocycles. The summed E-state index contributed by atoms with van der Waals surface area (Å²) in [5, 5.41) is 0. The normalized spacial score (nSPS) is 11.6. The van der Waals surface area contributed by atoms with Crippen molar-refractivity contribution in [2.75, 3.05) is 0 Å². The second-order valence-electron chi connectivity index (χ2n) is 2.98. The summed E-state index contributed by atoms with van der Waals surface area (Å²) < 4.78 is 0. The maximum atomic E-state index is 3.10. The zero-order chi connectivity index (χ0) is 9.52. The van der Waals surface area contributed by atoms with Gasteiger partial charge in [-0.05, 0) is 0 Å². The minimum Gasteiger partial charge on any atom is -0.273 e. The molecule has 2 rings (SSSR count). The Morgan fingerprint density at radius 2 is 2.07 bits per heavy atom. The SMILES string of the molecule is Cc1[c-]cccc1C.[C-]1=CC=CC1.[Ti+2]. The second kappa shape index (κ2) is 7.78. The summed E-state index contributed by atoms with van der Waals surface area (Å²) in [6.45, 7) is 4.15. The fourth-order valence-electron chi connectivity index (χ4n) is 0.945. The van der Waals surface area contributed by atoms with Crippen LogP contribution in [0.1, 0.15) is 17.5 Å². The fourth-order valence-corrected chi connectivity index (χ4v) is 0.945. The van der Waals surface area contributed by atoms with Crippen LogP contribution >= 0.6 is 0 Å². The van der Waals surface area contributed by atoms with Gasteiger partial charge in [0.1, 0.15) is 0 Å². The Labute approximate surface area is 102 Å². The summed E-state index contributed by atoms with van der Waals surface area (Å²) in [6.07, 6.45) is 10.0. The van der Waals surface area contributed by atoms with Gasteiger partial charge in [-0.1, -0.05) is 13.8 Å². The summed E-state index contributed by atoms with van der Waals surface area (Å²) >= 11 is 0. The standard InChI is InChI=1S/C8H9.C5H5.Ti/c1-7-5-3-4-6-8(7)2;1-2-4-5-3-1;/h3-5H,1-2H3;1-3H,4H2;/q2*-1;+2. The van der Waals surface area contributed by atoms with E-state index < -0.39 is 0 Å². The fraction of sp³-hybridized carbons (Fsp3) is 0.231. The molecular weight excluding hydrogens is 204 g/mol. The summed E-state index contributed by atoms with van der Waals surface area (Å²) in [7, 11) is 0. The van der Waals surface area contributed by atoms with E-state index >= 15 is 0 Å². The van der Waals surface area contributed by atoms with E-state index in [4.69, 9.17) is 0 Å². The van der Waals surface area contributed by atoms with Crippen molar-refractivity contribution < 1.29 is 21.7 Å². The minimum absolute atomic E-state index is 0. The predicted octanol–water partition coefficient (Wildman–Crippen LogP) is 3.41. The molecule has 1 aliphatic carbocycles. The maximum Gasteiger partial charge on any atom is 2.00 e. The summed E-state index contributed by atoms with van der Waals surface area (Å²) in [6, 6.07) is 9.12.